The molecule has 0 aromatic rings. The minimum absolute atomic E-state index is 0. The first-order valence-electron chi connectivity index (χ1n) is 0.894. The molecule has 0 amide bonds. The summed E-state index contributed by atoms with van der Waals surface area (Å²) in [6.07, 6.45) is 0. The van der Waals surface area contributed by atoms with Crippen LogP contribution in [0.3, 0.4) is 0 Å². The molecule has 0 aliphatic carbocycles. The van der Waals surface area contributed by atoms with Gasteiger partial charge in [-0.1, -0.05) is 0 Å². The molecule has 0 fully saturated rings. The van der Waals surface area contributed by atoms with E-state index in [4.69, 9.17) is 19.2 Å². The van der Waals surface area contributed by atoms with Crippen molar-refractivity contribution in [2.75, 3.05) is 0 Å². The molecule has 0 aromatic carbocycles. The minimum atomic E-state index is -4.61. The first-order chi connectivity index (χ1) is 2.00. The topological polar surface area (TPSA) is 80.9 Å². The second-order valence-corrected chi connectivity index (χ2v) is 1.80. The van der Waals surface area contributed by atoms with Crippen LogP contribution in [-0.4, -0.2) is 85.8 Å². The van der Waals surface area contributed by atoms with E-state index in [0.29, 0.717) is 0 Å². The fourth-order valence-electron chi connectivity index (χ4n) is 0. The minimum Gasteiger partial charge on any atom is -1.00 e. The van der Waals surface area contributed by atoms with Crippen molar-refractivity contribution in [2.24, 2.45) is 0 Å². The summed E-state index contributed by atoms with van der Waals surface area (Å²) in [6.45, 7) is 0. The van der Waals surface area contributed by atoms with Gasteiger partial charge in [0.15, 0.2) is 0 Å². The van der Waals surface area contributed by atoms with Crippen LogP contribution in [0.4, 0.5) is 0 Å². The second kappa shape index (κ2) is 9.69. The van der Waals surface area contributed by atoms with E-state index in [2.05, 4.69) is 0 Å². The Kier molecular flexibility index (Phi) is 27.2. The predicted octanol–water partition coefficient (Wildman–Crippen LogP) is -3.95. The maximum absolute atomic E-state index is 7.33. The van der Waals surface area contributed by atoms with Gasteiger partial charge in [0, 0.05) is 22.4 Å². The van der Waals surface area contributed by atoms with Crippen LogP contribution in [0.1, 0.15) is 2.85 Å². The summed E-state index contributed by atoms with van der Waals surface area (Å²) >= 11 is 0. The third-order valence-electron chi connectivity index (χ3n) is 0. The van der Waals surface area contributed by atoms with Crippen LogP contribution in [0.15, 0.2) is 0 Å². The number of rotatable bonds is 0. The van der Waals surface area contributed by atoms with Crippen molar-refractivity contribution in [3.05, 3.63) is 0 Å². The zero-order chi connectivity index (χ0) is 4.50. The summed E-state index contributed by atoms with van der Waals surface area (Å²) in [6, 6.07) is 0. The maximum atomic E-state index is 7.33. The van der Waals surface area contributed by atoms with Crippen LogP contribution in [0.5, 0.6) is 0 Å². The molecule has 0 saturated heterocycles. The van der Waals surface area contributed by atoms with Crippen LogP contribution in [-0.2, 0) is 22.4 Å². The van der Waals surface area contributed by atoms with Gasteiger partial charge < -0.3 is 22.0 Å². The molecule has 4 N–H and O–H groups in total. The largest absolute Gasteiger partial charge is 1.00 e. The van der Waals surface area contributed by atoms with Crippen LogP contribution in [0, 0.1) is 0 Å². The number of hydrogen-bond acceptors (Lipinski definition) is 4. The molecule has 0 unspecified atom stereocenters. The van der Waals surface area contributed by atoms with Crippen LogP contribution in [0.2, 0.25) is 0 Å². The zero-order valence-corrected chi connectivity index (χ0v) is 9.86. The maximum Gasteiger partial charge on any atom is 0 e. The summed E-state index contributed by atoms with van der Waals surface area (Å²) < 4.78 is 0. The summed E-state index contributed by atoms with van der Waals surface area (Å²) in [5.74, 6) is 0. The van der Waals surface area contributed by atoms with Gasteiger partial charge >= 0.3 is 66.6 Å². The fraction of sp³-hybridized carbons (Fsp3) is 0. The Hall–Kier alpha value is 2.69. The van der Waals surface area contributed by atoms with Gasteiger partial charge in [-0.3, -0.25) is 0 Å². The molecule has 47 valence electrons. The van der Waals surface area contributed by atoms with Gasteiger partial charge in [0.2, 0.25) is 0 Å². The second-order valence-electron chi connectivity index (χ2n) is 0.600. The smallest absolute Gasteiger partial charge is 0 e. The fourth-order valence-corrected chi connectivity index (χ4v) is 0. The van der Waals surface area contributed by atoms with Gasteiger partial charge in [0.1, 0.15) is 0 Å². The molecule has 1 radical (unpaired) electrons. The van der Waals surface area contributed by atoms with E-state index >= 15 is 0 Å². The molecular formula is H9CaGaO4SiTa. The summed E-state index contributed by atoms with van der Waals surface area (Å²) in [4.78, 5) is 29.3. The van der Waals surface area contributed by atoms with Crippen molar-refractivity contribution in [1.82, 2.24) is 0 Å². The molecule has 4 nitrogen and oxygen atoms in total. The van der Waals surface area contributed by atoms with E-state index in [-0.39, 0.29) is 82.8 Å². The first kappa shape index (κ1) is 22.4. The van der Waals surface area contributed by atoms with Gasteiger partial charge in [-0.15, -0.1) is 0 Å². The van der Waals surface area contributed by atoms with Crippen molar-refractivity contribution >= 4 is 66.6 Å². The Balaban J connectivity index is -0.00000000800. The van der Waals surface area contributed by atoms with Crippen molar-refractivity contribution in [3.8, 4) is 0 Å². The molecule has 0 heterocycles. The summed E-state index contributed by atoms with van der Waals surface area (Å²) in [5.41, 5.74) is 0. The number of hydrogen-bond donors (Lipinski definition) is 4. The van der Waals surface area contributed by atoms with Crippen molar-refractivity contribution in [3.63, 3.8) is 0 Å². The third-order valence-corrected chi connectivity index (χ3v) is 0. The van der Waals surface area contributed by atoms with Crippen LogP contribution >= 0.6 is 0 Å². The molecular weight excluding hydrogens is 383 g/mol. The molecule has 0 aliphatic heterocycles. The molecule has 0 atom stereocenters. The van der Waals surface area contributed by atoms with Crippen molar-refractivity contribution < 1.29 is 44.4 Å². The molecule has 0 aliphatic rings. The van der Waals surface area contributed by atoms with Gasteiger partial charge in [-0.2, -0.15) is 0 Å². The molecule has 0 bridgehead atoms. The molecule has 8 heteroatoms. The molecule has 0 saturated carbocycles. The monoisotopic (exact) mass is 391 g/mol. The van der Waals surface area contributed by atoms with Gasteiger partial charge in [-0.25, -0.2) is 0 Å². The normalized spacial score (nSPS) is 7.50. The average Bonchev–Trinajstić information content (AvgIpc) is 0.722. The Morgan fingerprint density at radius 1 is 1.00 bits per heavy atom. The quantitative estimate of drug-likeness (QED) is 0.318. The average molecular weight is 392 g/mol. The predicted molar refractivity (Wildman–Crippen MR) is 32.5 cm³/mol. The zero-order valence-electron chi connectivity index (χ0n) is 5.44. The van der Waals surface area contributed by atoms with E-state index in [1.165, 1.54) is 0 Å². The van der Waals surface area contributed by atoms with Gasteiger partial charge in [0.25, 0.3) is 0 Å². The molecule has 8 heavy (non-hydrogen) atoms. The van der Waals surface area contributed by atoms with E-state index in [9.17, 15) is 0 Å². The SMILES string of the molecule is O[Si](O)(O)O.[Ca+2].[GaH3].[H-].[H-].[Ta]. The van der Waals surface area contributed by atoms with E-state index in [0.717, 1.165) is 0 Å². The van der Waals surface area contributed by atoms with Gasteiger partial charge in [0.05, 0.1) is 0 Å². The van der Waals surface area contributed by atoms with Crippen molar-refractivity contribution in [1.29, 1.82) is 0 Å². The molecule has 0 aromatic heterocycles. The van der Waals surface area contributed by atoms with Crippen molar-refractivity contribution in [2.45, 2.75) is 0 Å². The molecule has 0 rings (SSSR count). The first-order valence-corrected chi connectivity index (χ1v) is 2.68. The van der Waals surface area contributed by atoms with Crippen LogP contribution in [0.25, 0.3) is 0 Å². The molecule has 0 spiro atoms. The van der Waals surface area contributed by atoms with Crippen LogP contribution < -0.4 is 0 Å². The van der Waals surface area contributed by atoms with Gasteiger partial charge in [-0.05, 0) is 0 Å². The van der Waals surface area contributed by atoms with E-state index in [1.807, 2.05) is 0 Å². The summed E-state index contributed by atoms with van der Waals surface area (Å²) in [7, 11) is -4.61. The Labute approximate surface area is 109 Å². The third kappa shape index (κ3) is 70.9. The summed E-state index contributed by atoms with van der Waals surface area (Å²) in [5, 5.41) is 0. The van der Waals surface area contributed by atoms with E-state index < -0.39 is 9.05 Å². The standard InChI is InChI=1S/Ca.Ga.H4O4Si.Ta.5H/c;;1-5(2,3)4;;;;;;/h;;1-4H;;;;;;/q+2;;;;;;;2*-1. The Morgan fingerprint density at radius 2 is 1.00 bits per heavy atom. The Bertz CT molecular complexity index is 38.7. The van der Waals surface area contributed by atoms with E-state index in [1.54, 1.807) is 0 Å². The Morgan fingerprint density at radius 3 is 1.00 bits per heavy atom.